The summed E-state index contributed by atoms with van der Waals surface area (Å²) in [5.74, 6) is 0. The largest absolute Gasteiger partial charge is 0.303 e. The number of halogens is 2. The second-order valence-electron chi connectivity index (χ2n) is 5.62. The fraction of sp³-hybridized carbons (Fsp3) is 0.0500. The average molecular weight is 353 g/mol. The molecule has 0 N–H and O–H groups in total. The zero-order valence-electron chi connectivity index (χ0n) is 12.8. The molecule has 0 saturated heterocycles. The lowest BCUT2D eigenvalue weighted by Crippen LogP contribution is -1.96. The predicted octanol–water partition coefficient (Wildman–Crippen LogP) is 5.90. The van der Waals surface area contributed by atoms with Gasteiger partial charge < -0.3 is 4.40 Å². The highest BCUT2D eigenvalue weighted by molar-refractivity contribution is 6.36. The summed E-state index contributed by atoms with van der Waals surface area (Å²) in [6.45, 7) is 0. The Hall–Kier alpha value is -2.29. The van der Waals surface area contributed by atoms with E-state index in [1.54, 1.807) is 6.07 Å². The summed E-state index contributed by atoms with van der Waals surface area (Å²) in [6, 6.07) is 21.9. The van der Waals surface area contributed by atoms with Crippen LogP contribution in [0.5, 0.6) is 0 Å². The summed E-state index contributed by atoms with van der Waals surface area (Å²) in [4.78, 5) is 4.81. The molecule has 0 aliphatic rings. The Bertz CT molecular complexity index is 1010. The fourth-order valence-corrected chi connectivity index (χ4v) is 3.40. The molecule has 2 heterocycles. The van der Waals surface area contributed by atoms with Gasteiger partial charge >= 0.3 is 0 Å². The Kier molecular flexibility index (Phi) is 4.01. The minimum Gasteiger partial charge on any atom is -0.303 e. The lowest BCUT2D eigenvalue weighted by atomic mass is 10.0. The molecule has 0 amide bonds. The van der Waals surface area contributed by atoms with Crippen molar-refractivity contribution in [1.82, 2.24) is 9.38 Å². The Morgan fingerprint density at radius 3 is 2.46 bits per heavy atom. The van der Waals surface area contributed by atoms with Crippen LogP contribution in [0.25, 0.3) is 16.9 Å². The molecule has 4 heteroatoms. The number of pyridine rings is 1. The molecule has 0 bridgehead atoms. The van der Waals surface area contributed by atoms with Crippen LogP contribution in [0.1, 0.15) is 11.3 Å². The van der Waals surface area contributed by atoms with Gasteiger partial charge in [-0.2, -0.15) is 0 Å². The summed E-state index contributed by atoms with van der Waals surface area (Å²) < 4.78 is 2.12. The van der Waals surface area contributed by atoms with E-state index in [4.69, 9.17) is 28.2 Å². The molecular weight excluding hydrogens is 339 g/mol. The molecule has 118 valence electrons. The van der Waals surface area contributed by atoms with Crippen molar-refractivity contribution in [2.75, 3.05) is 0 Å². The second kappa shape index (κ2) is 6.31. The van der Waals surface area contributed by atoms with Crippen molar-refractivity contribution >= 4 is 28.8 Å². The van der Waals surface area contributed by atoms with Crippen molar-refractivity contribution in [3.63, 3.8) is 0 Å². The van der Waals surface area contributed by atoms with Crippen LogP contribution >= 0.6 is 23.2 Å². The number of aromatic nitrogens is 2. The highest BCUT2D eigenvalue weighted by atomic mass is 35.5. The highest BCUT2D eigenvalue weighted by Gasteiger charge is 2.16. The first-order chi connectivity index (χ1) is 11.7. The van der Waals surface area contributed by atoms with Crippen molar-refractivity contribution < 1.29 is 0 Å². The van der Waals surface area contributed by atoms with Crippen LogP contribution in [0.15, 0.2) is 72.9 Å². The van der Waals surface area contributed by atoms with E-state index in [-0.39, 0.29) is 0 Å². The van der Waals surface area contributed by atoms with E-state index < -0.39 is 0 Å². The van der Waals surface area contributed by atoms with E-state index in [2.05, 4.69) is 16.5 Å². The number of fused-ring (bicyclic) bond motifs is 1. The summed E-state index contributed by atoms with van der Waals surface area (Å²) in [7, 11) is 0. The number of nitrogens with zero attached hydrogens (tertiary/aromatic N) is 2. The van der Waals surface area contributed by atoms with Crippen LogP contribution < -0.4 is 0 Å². The number of hydrogen-bond acceptors (Lipinski definition) is 1. The third-order valence-electron chi connectivity index (χ3n) is 4.03. The second-order valence-corrected chi connectivity index (χ2v) is 6.47. The normalized spacial score (nSPS) is 11.1. The van der Waals surface area contributed by atoms with Gasteiger partial charge in [-0.05, 0) is 35.9 Å². The fourth-order valence-electron chi connectivity index (χ4n) is 2.90. The van der Waals surface area contributed by atoms with Crippen LogP contribution in [-0.2, 0) is 6.42 Å². The van der Waals surface area contributed by atoms with Crippen molar-refractivity contribution in [3.8, 4) is 11.3 Å². The van der Waals surface area contributed by atoms with Gasteiger partial charge in [0, 0.05) is 23.2 Å². The minimum absolute atomic E-state index is 0.611. The first-order valence-corrected chi connectivity index (χ1v) is 8.43. The maximum Gasteiger partial charge on any atom is 0.137 e. The highest BCUT2D eigenvalue weighted by Crippen LogP contribution is 2.33. The molecule has 0 atom stereocenters. The lowest BCUT2D eigenvalue weighted by molar-refractivity contribution is 1.03. The molecule has 24 heavy (non-hydrogen) atoms. The van der Waals surface area contributed by atoms with Gasteiger partial charge in [0.1, 0.15) is 5.65 Å². The van der Waals surface area contributed by atoms with Crippen LogP contribution in [0.2, 0.25) is 10.0 Å². The molecule has 0 fully saturated rings. The van der Waals surface area contributed by atoms with E-state index in [1.807, 2.05) is 54.7 Å². The number of hydrogen-bond donors (Lipinski definition) is 0. The Labute approximate surface area is 150 Å². The van der Waals surface area contributed by atoms with E-state index in [1.165, 1.54) is 5.56 Å². The molecule has 2 aromatic carbocycles. The van der Waals surface area contributed by atoms with E-state index in [0.29, 0.717) is 10.0 Å². The zero-order valence-corrected chi connectivity index (χ0v) is 14.3. The summed E-state index contributed by atoms with van der Waals surface area (Å²) in [6.07, 6.45) is 2.81. The summed E-state index contributed by atoms with van der Waals surface area (Å²) in [5.41, 5.74) is 5.04. The Balaban J connectivity index is 1.93. The first kappa shape index (κ1) is 15.3. The van der Waals surface area contributed by atoms with Gasteiger partial charge in [0.15, 0.2) is 0 Å². The minimum atomic E-state index is 0.611. The van der Waals surface area contributed by atoms with Crippen molar-refractivity contribution in [2.24, 2.45) is 0 Å². The van der Waals surface area contributed by atoms with Gasteiger partial charge in [-0.3, -0.25) is 0 Å². The standard InChI is InChI=1S/C20H14Cl2N2/c21-15-9-10-16(17(22)13-15)20-18(12-14-6-2-1-3-7-14)24-11-5-4-8-19(24)23-20/h1-11,13H,12H2. The van der Waals surface area contributed by atoms with Gasteiger partial charge in [0.2, 0.25) is 0 Å². The van der Waals surface area contributed by atoms with Gasteiger partial charge in [0.25, 0.3) is 0 Å². The SMILES string of the molecule is Clc1ccc(-c2nc3ccccn3c2Cc2ccccc2)c(Cl)c1. The van der Waals surface area contributed by atoms with E-state index >= 15 is 0 Å². The van der Waals surface area contributed by atoms with E-state index in [0.717, 1.165) is 29.0 Å². The Morgan fingerprint density at radius 2 is 1.67 bits per heavy atom. The Morgan fingerprint density at radius 1 is 0.875 bits per heavy atom. The maximum atomic E-state index is 6.43. The molecule has 0 aliphatic heterocycles. The lowest BCUT2D eigenvalue weighted by Gasteiger charge is -2.07. The smallest absolute Gasteiger partial charge is 0.137 e. The molecule has 2 aromatic heterocycles. The molecule has 0 radical (unpaired) electrons. The first-order valence-electron chi connectivity index (χ1n) is 7.68. The van der Waals surface area contributed by atoms with Crippen LogP contribution in [0, 0.1) is 0 Å². The van der Waals surface area contributed by atoms with Crippen molar-refractivity contribution in [2.45, 2.75) is 6.42 Å². The molecule has 0 unspecified atom stereocenters. The average Bonchev–Trinajstić information content (AvgIpc) is 2.94. The quantitative estimate of drug-likeness (QED) is 0.448. The third kappa shape index (κ3) is 2.79. The number of imidazole rings is 1. The molecule has 2 nitrogen and oxygen atoms in total. The molecule has 0 saturated carbocycles. The molecule has 0 aliphatic carbocycles. The summed E-state index contributed by atoms with van der Waals surface area (Å²) in [5, 5.41) is 1.23. The van der Waals surface area contributed by atoms with Crippen LogP contribution in [-0.4, -0.2) is 9.38 Å². The van der Waals surface area contributed by atoms with Gasteiger partial charge in [-0.1, -0.05) is 59.6 Å². The monoisotopic (exact) mass is 352 g/mol. The molecule has 4 aromatic rings. The van der Waals surface area contributed by atoms with Crippen LogP contribution in [0.4, 0.5) is 0 Å². The number of rotatable bonds is 3. The molecule has 0 spiro atoms. The predicted molar refractivity (Wildman–Crippen MR) is 99.9 cm³/mol. The van der Waals surface area contributed by atoms with Gasteiger partial charge in [-0.25, -0.2) is 4.98 Å². The summed E-state index contributed by atoms with van der Waals surface area (Å²) >= 11 is 12.5. The third-order valence-corrected chi connectivity index (χ3v) is 4.58. The maximum absolute atomic E-state index is 6.43. The van der Waals surface area contributed by atoms with Gasteiger partial charge in [0.05, 0.1) is 16.4 Å². The topological polar surface area (TPSA) is 17.3 Å². The van der Waals surface area contributed by atoms with E-state index in [9.17, 15) is 0 Å². The van der Waals surface area contributed by atoms with Crippen molar-refractivity contribution in [3.05, 3.63) is 94.2 Å². The van der Waals surface area contributed by atoms with Gasteiger partial charge in [-0.15, -0.1) is 0 Å². The molecule has 4 rings (SSSR count). The number of benzene rings is 2. The van der Waals surface area contributed by atoms with Crippen LogP contribution in [0.3, 0.4) is 0 Å². The van der Waals surface area contributed by atoms with Crippen molar-refractivity contribution in [1.29, 1.82) is 0 Å². The molecular formula is C20H14Cl2N2. The zero-order chi connectivity index (χ0) is 16.5.